The van der Waals surface area contributed by atoms with Crippen molar-refractivity contribution in [3.8, 4) is 17.2 Å². The molecule has 1 amide bonds. The van der Waals surface area contributed by atoms with Gasteiger partial charge in [-0.2, -0.15) is 4.99 Å². The van der Waals surface area contributed by atoms with Crippen LogP contribution in [0.2, 0.25) is 0 Å². The number of aryl methyl sites for hydroxylation is 1. The van der Waals surface area contributed by atoms with E-state index in [0.717, 1.165) is 17.7 Å². The maximum atomic E-state index is 11.8. The second-order valence-corrected chi connectivity index (χ2v) is 8.81. The highest BCUT2D eigenvalue weighted by Gasteiger charge is 2.19. The standard InChI is InChI=1S/C25H30N2O4S/c1-5-29-22-14-18(15-23-24(28)27-25(26)32-23)8-10-20(22)30-11-6-12-31-21-13-17(4)7-9-19(21)16(2)3/h7-10,13-16H,5-6,11-12H2,1-4H3,(H2,26,27,28)/b23-15-. The van der Waals surface area contributed by atoms with Crippen LogP contribution < -0.4 is 19.9 Å². The average Bonchev–Trinajstić information content (AvgIpc) is 3.05. The molecule has 1 heterocycles. The van der Waals surface area contributed by atoms with Crippen LogP contribution in [-0.4, -0.2) is 30.9 Å². The van der Waals surface area contributed by atoms with Gasteiger partial charge in [0.2, 0.25) is 0 Å². The molecule has 6 nitrogen and oxygen atoms in total. The van der Waals surface area contributed by atoms with E-state index in [1.165, 1.54) is 22.9 Å². The Hall–Kier alpha value is -2.93. The van der Waals surface area contributed by atoms with Crippen molar-refractivity contribution in [2.45, 2.75) is 40.0 Å². The molecule has 0 fully saturated rings. The SMILES string of the molecule is CCOc1cc(/C=C2\SC(N)=NC2=O)ccc1OCCCOc1cc(C)ccc1C(C)C. The van der Waals surface area contributed by atoms with Gasteiger partial charge in [-0.05, 0) is 72.5 Å². The zero-order valence-corrected chi connectivity index (χ0v) is 19.8. The quantitative estimate of drug-likeness (QED) is 0.388. The number of nitrogens with two attached hydrogens (primary N) is 1. The van der Waals surface area contributed by atoms with Gasteiger partial charge in [0.05, 0.1) is 24.7 Å². The maximum absolute atomic E-state index is 11.8. The van der Waals surface area contributed by atoms with Crippen molar-refractivity contribution in [3.63, 3.8) is 0 Å². The predicted molar refractivity (Wildman–Crippen MR) is 131 cm³/mol. The molecule has 0 spiro atoms. The molecule has 1 aliphatic heterocycles. The Morgan fingerprint density at radius 2 is 1.78 bits per heavy atom. The van der Waals surface area contributed by atoms with Gasteiger partial charge in [-0.1, -0.05) is 32.0 Å². The molecule has 0 saturated heterocycles. The Bertz CT molecular complexity index is 1030. The van der Waals surface area contributed by atoms with Gasteiger partial charge in [0.1, 0.15) is 5.75 Å². The lowest BCUT2D eigenvalue weighted by molar-refractivity contribution is -0.113. The predicted octanol–water partition coefficient (Wildman–Crippen LogP) is 5.29. The van der Waals surface area contributed by atoms with Crippen LogP contribution >= 0.6 is 11.8 Å². The van der Waals surface area contributed by atoms with E-state index in [1.54, 1.807) is 6.08 Å². The number of nitrogens with zero attached hydrogens (tertiary/aromatic N) is 1. The fraction of sp³-hybridized carbons (Fsp3) is 0.360. The van der Waals surface area contributed by atoms with Crippen LogP contribution in [0, 0.1) is 6.92 Å². The summed E-state index contributed by atoms with van der Waals surface area (Å²) in [5, 5.41) is 0.264. The Kier molecular flexibility index (Phi) is 8.22. The number of carbonyl (C=O) groups excluding carboxylic acids is 1. The number of rotatable bonds is 10. The lowest BCUT2D eigenvalue weighted by Gasteiger charge is -2.16. The summed E-state index contributed by atoms with van der Waals surface area (Å²) in [5.74, 6) is 2.32. The minimum absolute atomic E-state index is 0.264. The van der Waals surface area contributed by atoms with Gasteiger partial charge in [-0.3, -0.25) is 4.79 Å². The smallest absolute Gasteiger partial charge is 0.286 e. The number of thioether (sulfide) groups is 1. The highest BCUT2D eigenvalue weighted by molar-refractivity contribution is 8.18. The second kappa shape index (κ2) is 11.1. The molecule has 0 atom stereocenters. The number of carbonyl (C=O) groups is 1. The lowest BCUT2D eigenvalue weighted by Crippen LogP contribution is -2.07. The van der Waals surface area contributed by atoms with Crippen LogP contribution in [0.4, 0.5) is 0 Å². The van der Waals surface area contributed by atoms with Gasteiger partial charge < -0.3 is 19.9 Å². The Morgan fingerprint density at radius 1 is 1.03 bits per heavy atom. The third kappa shape index (κ3) is 6.29. The van der Waals surface area contributed by atoms with E-state index in [4.69, 9.17) is 19.9 Å². The molecule has 0 bridgehead atoms. The van der Waals surface area contributed by atoms with Gasteiger partial charge in [0, 0.05) is 6.42 Å². The van der Waals surface area contributed by atoms with Gasteiger partial charge in [-0.15, -0.1) is 0 Å². The van der Waals surface area contributed by atoms with Crippen molar-refractivity contribution < 1.29 is 19.0 Å². The maximum Gasteiger partial charge on any atom is 0.286 e. The normalized spacial score (nSPS) is 14.7. The zero-order valence-electron chi connectivity index (χ0n) is 19.0. The minimum atomic E-state index is -0.319. The van der Waals surface area contributed by atoms with E-state index < -0.39 is 0 Å². The second-order valence-electron chi connectivity index (χ2n) is 7.75. The third-order valence-electron chi connectivity index (χ3n) is 4.80. The molecular formula is C25H30N2O4S. The van der Waals surface area contributed by atoms with Crippen molar-refractivity contribution >= 4 is 28.9 Å². The summed E-state index contributed by atoms with van der Waals surface area (Å²) in [6, 6.07) is 11.9. The first-order chi connectivity index (χ1) is 15.4. The van der Waals surface area contributed by atoms with Crippen molar-refractivity contribution in [1.29, 1.82) is 0 Å². The van der Waals surface area contributed by atoms with Gasteiger partial charge in [-0.25, -0.2) is 0 Å². The van der Waals surface area contributed by atoms with Crippen LogP contribution in [0.3, 0.4) is 0 Å². The Balaban J connectivity index is 1.58. The van der Waals surface area contributed by atoms with Gasteiger partial charge >= 0.3 is 0 Å². The number of amides is 1. The van der Waals surface area contributed by atoms with E-state index in [9.17, 15) is 4.79 Å². The molecular weight excluding hydrogens is 424 g/mol. The first kappa shape index (κ1) is 23.7. The summed E-state index contributed by atoms with van der Waals surface area (Å²) in [6.07, 6.45) is 2.50. The topological polar surface area (TPSA) is 83.1 Å². The number of ether oxygens (including phenoxy) is 3. The van der Waals surface area contributed by atoms with Crippen LogP contribution in [-0.2, 0) is 4.79 Å². The van der Waals surface area contributed by atoms with Crippen LogP contribution in [0.5, 0.6) is 17.2 Å². The molecule has 0 aromatic heterocycles. The van der Waals surface area contributed by atoms with E-state index in [2.05, 4.69) is 44.0 Å². The molecule has 0 radical (unpaired) electrons. The highest BCUT2D eigenvalue weighted by atomic mass is 32.2. The lowest BCUT2D eigenvalue weighted by atomic mass is 10.0. The summed E-state index contributed by atoms with van der Waals surface area (Å²) in [5.41, 5.74) is 8.84. The van der Waals surface area contributed by atoms with Crippen molar-refractivity contribution in [2.75, 3.05) is 19.8 Å². The molecule has 170 valence electrons. The third-order valence-corrected chi connectivity index (χ3v) is 5.61. The fourth-order valence-corrected chi connectivity index (χ4v) is 3.93. The summed E-state index contributed by atoms with van der Waals surface area (Å²) in [6.45, 7) is 9.90. The fourth-order valence-electron chi connectivity index (χ4n) is 3.25. The number of hydrogen-bond donors (Lipinski definition) is 1. The van der Waals surface area contributed by atoms with Gasteiger partial charge in [0.25, 0.3) is 5.91 Å². The molecule has 1 aliphatic rings. The van der Waals surface area contributed by atoms with E-state index in [0.29, 0.717) is 42.1 Å². The largest absolute Gasteiger partial charge is 0.493 e. The van der Waals surface area contributed by atoms with E-state index in [-0.39, 0.29) is 11.1 Å². The molecule has 2 aromatic rings. The number of amidine groups is 1. The first-order valence-corrected chi connectivity index (χ1v) is 11.6. The first-order valence-electron chi connectivity index (χ1n) is 10.8. The molecule has 0 saturated carbocycles. The number of benzene rings is 2. The molecule has 3 rings (SSSR count). The summed E-state index contributed by atoms with van der Waals surface area (Å²) in [7, 11) is 0. The summed E-state index contributed by atoms with van der Waals surface area (Å²) >= 11 is 1.17. The van der Waals surface area contributed by atoms with Crippen LogP contribution in [0.1, 0.15) is 49.8 Å². The number of hydrogen-bond acceptors (Lipinski definition) is 6. The minimum Gasteiger partial charge on any atom is -0.493 e. The molecule has 32 heavy (non-hydrogen) atoms. The van der Waals surface area contributed by atoms with E-state index in [1.807, 2.05) is 25.1 Å². The van der Waals surface area contributed by atoms with Crippen molar-refractivity contribution in [1.82, 2.24) is 0 Å². The highest BCUT2D eigenvalue weighted by Crippen LogP contribution is 2.32. The Morgan fingerprint density at radius 3 is 2.44 bits per heavy atom. The Labute approximate surface area is 193 Å². The zero-order chi connectivity index (χ0) is 23.1. The molecule has 2 aromatic carbocycles. The molecule has 2 N–H and O–H groups in total. The molecule has 0 aliphatic carbocycles. The summed E-state index contributed by atoms with van der Waals surface area (Å²) < 4.78 is 17.7. The van der Waals surface area contributed by atoms with Crippen molar-refractivity contribution in [2.24, 2.45) is 10.7 Å². The van der Waals surface area contributed by atoms with Crippen LogP contribution in [0.15, 0.2) is 46.3 Å². The van der Waals surface area contributed by atoms with Crippen LogP contribution in [0.25, 0.3) is 6.08 Å². The monoisotopic (exact) mass is 454 g/mol. The van der Waals surface area contributed by atoms with Gasteiger partial charge in [0.15, 0.2) is 16.7 Å². The van der Waals surface area contributed by atoms with Crippen molar-refractivity contribution in [3.05, 3.63) is 58.0 Å². The molecule has 7 heteroatoms. The summed E-state index contributed by atoms with van der Waals surface area (Å²) in [4.78, 5) is 16.0. The van der Waals surface area contributed by atoms with E-state index >= 15 is 0 Å². The molecule has 0 unspecified atom stereocenters. The number of aliphatic imine (C=N–C) groups is 1. The average molecular weight is 455 g/mol.